The predicted molar refractivity (Wildman–Crippen MR) is 93.6 cm³/mol. The lowest BCUT2D eigenvalue weighted by Gasteiger charge is -2.22. The largest absolute Gasteiger partial charge is 0.457 e. The van der Waals surface area contributed by atoms with Crippen molar-refractivity contribution in [3.8, 4) is 11.5 Å². The highest BCUT2D eigenvalue weighted by Crippen LogP contribution is 2.39. The number of nitrogens with one attached hydrogen (secondary N) is 1. The molecule has 3 rings (SSSR count). The van der Waals surface area contributed by atoms with Crippen LogP contribution in [-0.4, -0.2) is 18.2 Å². The number of carbonyl (C=O) groups is 1. The SMILES string of the molecule is CC(C)(C)OC(=O)NCC1Cc2ccccc2Oc2cc(F)ccc21. The number of carbonyl (C=O) groups excluding carboxylic acids is 1. The molecule has 5 heteroatoms. The van der Waals surface area contributed by atoms with Gasteiger partial charge in [0.05, 0.1) is 0 Å². The molecular weight excluding hydrogens is 321 g/mol. The second-order valence-corrected chi connectivity index (χ2v) is 7.18. The minimum absolute atomic E-state index is 0.0354. The first-order valence-corrected chi connectivity index (χ1v) is 8.34. The smallest absolute Gasteiger partial charge is 0.407 e. The molecule has 1 heterocycles. The van der Waals surface area contributed by atoms with E-state index in [4.69, 9.17) is 9.47 Å². The third-order valence-corrected chi connectivity index (χ3v) is 3.97. The van der Waals surface area contributed by atoms with Crippen LogP contribution in [0.3, 0.4) is 0 Å². The summed E-state index contributed by atoms with van der Waals surface area (Å²) in [6.45, 7) is 5.84. The molecule has 0 fully saturated rings. The molecule has 0 bridgehead atoms. The summed E-state index contributed by atoms with van der Waals surface area (Å²) in [7, 11) is 0. The van der Waals surface area contributed by atoms with Gasteiger partial charge in [-0.15, -0.1) is 0 Å². The lowest BCUT2D eigenvalue weighted by Crippen LogP contribution is -2.35. The summed E-state index contributed by atoms with van der Waals surface area (Å²) < 4.78 is 24.9. The molecule has 0 saturated heterocycles. The zero-order valence-electron chi connectivity index (χ0n) is 14.6. The number of halogens is 1. The molecule has 1 aliphatic rings. The second-order valence-electron chi connectivity index (χ2n) is 7.18. The summed E-state index contributed by atoms with van der Waals surface area (Å²) in [5.41, 5.74) is 1.34. The number of rotatable bonds is 2. The van der Waals surface area contributed by atoms with Crippen LogP contribution in [0, 0.1) is 5.82 Å². The van der Waals surface area contributed by atoms with E-state index in [2.05, 4.69) is 5.32 Å². The number of hydrogen-bond donors (Lipinski definition) is 1. The quantitative estimate of drug-likeness (QED) is 0.853. The van der Waals surface area contributed by atoms with Gasteiger partial charge in [0.25, 0.3) is 0 Å². The van der Waals surface area contributed by atoms with Gasteiger partial charge in [0.2, 0.25) is 0 Å². The number of amides is 1. The average Bonchev–Trinajstić information content (AvgIpc) is 2.67. The maximum absolute atomic E-state index is 13.7. The lowest BCUT2D eigenvalue weighted by molar-refractivity contribution is 0.0524. The minimum Gasteiger partial charge on any atom is -0.457 e. The van der Waals surface area contributed by atoms with E-state index >= 15 is 0 Å². The number of para-hydroxylation sites is 1. The van der Waals surface area contributed by atoms with Crippen LogP contribution in [-0.2, 0) is 11.2 Å². The molecule has 0 spiro atoms. The molecule has 1 amide bonds. The summed E-state index contributed by atoms with van der Waals surface area (Å²) in [5.74, 6) is 0.818. The van der Waals surface area contributed by atoms with Gasteiger partial charge < -0.3 is 14.8 Å². The van der Waals surface area contributed by atoms with E-state index in [1.165, 1.54) is 12.1 Å². The Morgan fingerprint density at radius 2 is 2.00 bits per heavy atom. The van der Waals surface area contributed by atoms with Crippen LogP contribution in [0.1, 0.15) is 37.8 Å². The molecule has 0 aliphatic carbocycles. The van der Waals surface area contributed by atoms with Gasteiger partial charge in [0.15, 0.2) is 0 Å². The maximum atomic E-state index is 13.7. The van der Waals surface area contributed by atoms with E-state index in [0.29, 0.717) is 24.5 Å². The van der Waals surface area contributed by atoms with Crippen LogP contribution in [0.15, 0.2) is 42.5 Å². The average molecular weight is 343 g/mol. The molecule has 25 heavy (non-hydrogen) atoms. The Hall–Kier alpha value is -2.56. The summed E-state index contributed by atoms with van der Waals surface area (Å²) in [4.78, 5) is 12.0. The summed E-state index contributed by atoms with van der Waals surface area (Å²) >= 11 is 0. The molecule has 1 unspecified atom stereocenters. The van der Waals surface area contributed by atoms with E-state index in [1.54, 1.807) is 6.07 Å². The third-order valence-electron chi connectivity index (χ3n) is 3.97. The monoisotopic (exact) mass is 343 g/mol. The van der Waals surface area contributed by atoms with Gasteiger partial charge in [-0.05, 0) is 44.9 Å². The number of fused-ring (bicyclic) bond motifs is 2. The Morgan fingerprint density at radius 3 is 2.76 bits per heavy atom. The zero-order valence-corrected chi connectivity index (χ0v) is 14.6. The van der Waals surface area contributed by atoms with Crippen molar-refractivity contribution in [3.05, 3.63) is 59.4 Å². The first-order valence-electron chi connectivity index (χ1n) is 8.34. The van der Waals surface area contributed by atoms with Crippen molar-refractivity contribution in [2.24, 2.45) is 0 Å². The molecule has 1 N–H and O–H groups in total. The van der Waals surface area contributed by atoms with Crippen molar-refractivity contribution in [1.29, 1.82) is 0 Å². The maximum Gasteiger partial charge on any atom is 0.407 e. The summed E-state index contributed by atoms with van der Waals surface area (Å²) in [6, 6.07) is 12.2. The topological polar surface area (TPSA) is 47.6 Å². The van der Waals surface area contributed by atoms with E-state index in [0.717, 1.165) is 11.1 Å². The highest BCUT2D eigenvalue weighted by atomic mass is 19.1. The van der Waals surface area contributed by atoms with Crippen molar-refractivity contribution in [2.75, 3.05) is 6.54 Å². The van der Waals surface area contributed by atoms with E-state index < -0.39 is 11.7 Å². The molecule has 4 nitrogen and oxygen atoms in total. The molecule has 0 saturated carbocycles. The predicted octanol–water partition coefficient (Wildman–Crippen LogP) is 4.78. The second kappa shape index (κ2) is 6.75. The Kier molecular flexibility index (Phi) is 4.66. The normalized spacial score (nSPS) is 16.1. The number of hydrogen-bond acceptors (Lipinski definition) is 3. The molecule has 2 aromatic carbocycles. The number of ether oxygens (including phenoxy) is 2. The van der Waals surface area contributed by atoms with Crippen LogP contribution < -0.4 is 10.1 Å². The van der Waals surface area contributed by atoms with Gasteiger partial charge in [-0.25, -0.2) is 9.18 Å². The first kappa shape index (κ1) is 17.3. The number of alkyl carbamates (subject to hydrolysis) is 1. The third kappa shape index (κ3) is 4.29. The fraction of sp³-hybridized carbons (Fsp3) is 0.350. The molecule has 132 valence electrons. The Balaban J connectivity index is 1.84. The van der Waals surface area contributed by atoms with Crippen LogP contribution in [0.5, 0.6) is 11.5 Å². The van der Waals surface area contributed by atoms with E-state index in [1.807, 2.05) is 45.0 Å². The number of benzene rings is 2. The molecule has 0 aromatic heterocycles. The van der Waals surface area contributed by atoms with Crippen LogP contribution in [0.25, 0.3) is 0 Å². The minimum atomic E-state index is -0.551. The molecular formula is C20H22FNO3. The van der Waals surface area contributed by atoms with Gasteiger partial charge in [-0.2, -0.15) is 0 Å². The highest BCUT2D eigenvalue weighted by Gasteiger charge is 2.25. The summed E-state index contributed by atoms with van der Waals surface area (Å²) in [6.07, 6.45) is 0.222. The van der Waals surface area contributed by atoms with Gasteiger partial charge in [0, 0.05) is 24.1 Å². The Labute approximate surface area is 147 Å². The molecule has 1 atom stereocenters. The fourth-order valence-electron chi connectivity index (χ4n) is 2.90. The van der Waals surface area contributed by atoms with Gasteiger partial charge in [-0.1, -0.05) is 24.3 Å². The zero-order chi connectivity index (χ0) is 18.0. The van der Waals surface area contributed by atoms with Gasteiger partial charge in [0.1, 0.15) is 22.9 Å². The highest BCUT2D eigenvalue weighted by molar-refractivity contribution is 5.67. The van der Waals surface area contributed by atoms with Crippen molar-refractivity contribution in [2.45, 2.75) is 38.7 Å². The fourth-order valence-corrected chi connectivity index (χ4v) is 2.90. The van der Waals surface area contributed by atoms with Crippen LogP contribution in [0.4, 0.5) is 9.18 Å². The van der Waals surface area contributed by atoms with Crippen molar-refractivity contribution < 1.29 is 18.7 Å². The van der Waals surface area contributed by atoms with Crippen molar-refractivity contribution in [3.63, 3.8) is 0 Å². The first-order chi connectivity index (χ1) is 11.8. The van der Waals surface area contributed by atoms with Gasteiger partial charge in [-0.3, -0.25) is 0 Å². The van der Waals surface area contributed by atoms with Crippen LogP contribution >= 0.6 is 0 Å². The van der Waals surface area contributed by atoms with Crippen LogP contribution in [0.2, 0.25) is 0 Å². The summed E-state index contributed by atoms with van der Waals surface area (Å²) in [5, 5.41) is 2.81. The lowest BCUT2D eigenvalue weighted by atomic mass is 9.92. The van der Waals surface area contributed by atoms with Crippen molar-refractivity contribution in [1.82, 2.24) is 5.32 Å². The van der Waals surface area contributed by atoms with E-state index in [9.17, 15) is 9.18 Å². The molecule has 2 aromatic rings. The van der Waals surface area contributed by atoms with E-state index in [-0.39, 0.29) is 11.7 Å². The molecule has 0 radical (unpaired) electrons. The van der Waals surface area contributed by atoms with Gasteiger partial charge >= 0.3 is 6.09 Å². The standard InChI is InChI=1S/C20H22FNO3/c1-20(2,3)25-19(23)22-12-14-10-13-6-4-5-7-17(13)24-18-11-15(21)8-9-16(14)18/h4-9,11,14H,10,12H2,1-3H3,(H,22,23). The molecule has 1 aliphatic heterocycles. The Morgan fingerprint density at radius 1 is 1.24 bits per heavy atom. The van der Waals surface area contributed by atoms with Crippen molar-refractivity contribution >= 4 is 6.09 Å². The Bertz CT molecular complexity index is 783.